The van der Waals surface area contributed by atoms with Gasteiger partial charge in [-0.2, -0.15) is 0 Å². The molecule has 5 heteroatoms. The van der Waals surface area contributed by atoms with Crippen molar-refractivity contribution in [3.8, 4) is 0 Å². The van der Waals surface area contributed by atoms with Crippen molar-refractivity contribution in [3.05, 3.63) is 0 Å². The molecule has 1 heterocycles. The van der Waals surface area contributed by atoms with E-state index in [1.807, 2.05) is 0 Å². The van der Waals surface area contributed by atoms with Crippen molar-refractivity contribution in [1.29, 1.82) is 0 Å². The third-order valence-electron chi connectivity index (χ3n) is 3.12. The van der Waals surface area contributed by atoms with Gasteiger partial charge in [-0.25, -0.2) is 5.84 Å². The summed E-state index contributed by atoms with van der Waals surface area (Å²) in [5.41, 5.74) is 2.51. The van der Waals surface area contributed by atoms with E-state index in [0.29, 0.717) is 12.5 Å². The Morgan fingerprint density at radius 1 is 1.64 bits per heavy atom. The van der Waals surface area contributed by atoms with Crippen molar-refractivity contribution in [2.24, 2.45) is 11.8 Å². The van der Waals surface area contributed by atoms with Crippen molar-refractivity contribution < 1.29 is 9.47 Å². The summed E-state index contributed by atoms with van der Waals surface area (Å²) in [5, 5.41) is 0.263. The normalized spacial score (nSPS) is 28.5. The Hall–Kier alpha value is -0.390. The van der Waals surface area contributed by atoms with Crippen LogP contribution in [0.25, 0.3) is 0 Å². The molecule has 0 bridgehead atoms. The van der Waals surface area contributed by atoms with Crippen LogP contribution in [0, 0.1) is 5.92 Å². The third kappa shape index (κ3) is 1.99. The number of hydrogen-bond acceptors (Lipinski definition) is 4. The average molecular weight is 216 g/mol. The SMILES string of the molecule is NNC(=S)OCC1COC2(CCC2)C1. The van der Waals surface area contributed by atoms with E-state index in [2.05, 4.69) is 5.43 Å². The van der Waals surface area contributed by atoms with E-state index in [-0.39, 0.29) is 10.8 Å². The van der Waals surface area contributed by atoms with Crippen LogP contribution in [0.4, 0.5) is 0 Å². The topological polar surface area (TPSA) is 56.5 Å². The predicted molar refractivity (Wildman–Crippen MR) is 56.5 cm³/mol. The van der Waals surface area contributed by atoms with Gasteiger partial charge < -0.3 is 9.47 Å². The van der Waals surface area contributed by atoms with Gasteiger partial charge in [0.25, 0.3) is 5.17 Å². The van der Waals surface area contributed by atoms with Gasteiger partial charge in [0.1, 0.15) is 0 Å². The average Bonchev–Trinajstić information content (AvgIpc) is 2.58. The summed E-state index contributed by atoms with van der Waals surface area (Å²) in [6.45, 7) is 1.41. The van der Waals surface area contributed by atoms with E-state index < -0.39 is 0 Å². The first-order valence-electron chi connectivity index (χ1n) is 5.01. The molecule has 1 saturated heterocycles. The smallest absolute Gasteiger partial charge is 0.271 e. The molecule has 3 N–H and O–H groups in total. The van der Waals surface area contributed by atoms with Crippen LogP contribution in [0.3, 0.4) is 0 Å². The first kappa shape index (κ1) is 10.1. The van der Waals surface area contributed by atoms with E-state index in [1.54, 1.807) is 0 Å². The van der Waals surface area contributed by atoms with Crippen LogP contribution in [0.1, 0.15) is 25.7 Å². The van der Waals surface area contributed by atoms with E-state index in [1.165, 1.54) is 19.3 Å². The lowest BCUT2D eigenvalue weighted by Gasteiger charge is -2.37. The van der Waals surface area contributed by atoms with Crippen LogP contribution < -0.4 is 11.3 Å². The maximum atomic E-state index is 5.78. The second kappa shape index (κ2) is 4.00. The zero-order chi connectivity index (χ0) is 10.0. The quantitative estimate of drug-likeness (QED) is 0.404. The second-order valence-electron chi connectivity index (χ2n) is 4.16. The van der Waals surface area contributed by atoms with Crippen LogP contribution in [0.2, 0.25) is 0 Å². The first-order valence-corrected chi connectivity index (χ1v) is 5.42. The van der Waals surface area contributed by atoms with Gasteiger partial charge in [-0.3, -0.25) is 5.43 Å². The lowest BCUT2D eigenvalue weighted by Crippen LogP contribution is -2.36. The van der Waals surface area contributed by atoms with Crippen molar-refractivity contribution >= 4 is 17.4 Å². The highest BCUT2D eigenvalue weighted by molar-refractivity contribution is 7.80. The van der Waals surface area contributed by atoms with Crippen LogP contribution in [0.15, 0.2) is 0 Å². The number of hydrogen-bond donors (Lipinski definition) is 2. The molecule has 0 aromatic rings. The van der Waals surface area contributed by atoms with Gasteiger partial charge in [0.15, 0.2) is 0 Å². The minimum atomic E-state index is 0.200. The summed E-state index contributed by atoms with van der Waals surface area (Å²) < 4.78 is 11.0. The molecule has 2 aliphatic rings. The molecule has 1 unspecified atom stereocenters. The van der Waals surface area contributed by atoms with Gasteiger partial charge in [-0.1, -0.05) is 0 Å². The van der Waals surface area contributed by atoms with E-state index in [0.717, 1.165) is 13.0 Å². The Kier molecular flexibility index (Phi) is 2.90. The molecule has 1 aliphatic heterocycles. The zero-order valence-electron chi connectivity index (χ0n) is 8.12. The number of hydrazine groups is 1. The van der Waals surface area contributed by atoms with Crippen molar-refractivity contribution in [1.82, 2.24) is 5.43 Å². The maximum Gasteiger partial charge on any atom is 0.271 e. The summed E-state index contributed by atoms with van der Waals surface area (Å²) in [4.78, 5) is 0. The fraction of sp³-hybridized carbons (Fsp3) is 0.889. The molecular weight excluding hydrogens is 200 g/mol. The number of nitrogens with one attached hydrogen (secondary N) is 1. The molecule has 80 valence electrons. The van der Waals surface area contributed by atoms with Gasteiger partial charge in [0.05, 0.1) is 18.8 Å². The van der Waals surface area contributed by atoms with Crippen LogP contribution in [-0.2, 0) is 9.47 Å². The molecule has 4 nitrogen and oxygen atoms in total. The summed E-state index contributed by atoms with van der Waals surface area (Å²) in [6, 6.07) is 0. The number of rotatable bonds is 2. The van der Waals surface area contributed by atoms with Crippen LogP contribution >= 0.6 is 12.2 Å². The highest BCUT2D eigenvalue weighted by atomic mass is 32.1. The molecule has 1 aliphatic carbocycles. The summed E-state index contributed by atoms with van der Waals surface area (Å²) >= 11 is 4.79. The van der Waals surface area contributed by atoms with E-state index in [4.69, 9.17) is 27.5 Å². The maximum absolute atomic E-state index is 5.78. The molecule has 1 spiro atoms. The van der Waals surface area contributed by atoms with Crippen molar-refractivity contribution in [2.75, 3.05) is 13.2 Å². The molecule has 0 aromatic carbocycles. The lowest BCUT2D eigenvalue weighted by molar-refractivity contribution is -0.0565. The Labute approximate surface area is 89.1 Å². The zero-order valence-corrected chi connectivity index (χ0v) is 8.94. The standard InChI is InChI=1S/C9H16N2O2S/c10-11-8(14)12-5-7-4-9(13-6-7)2-1-3-9/h7H,1-6,10H2,(H,11,14). The highest BCUT2D eigenvalue weighted by Gasteiger charge is 2.45. The van der Waals surface area contributed by atoms with Crippen molar-refractivity contribution in [2.45, 2.75) is 31.3 Å². The number of thiocarbonyl (C=S) groups is 1. The Morgan fingerprint density at radius 3 is 2.93 bits per heavy atom. The van der Waals surface area contributed by atoms with Gasteiger partial charge >= 0.3 is 0 Å². The minimum Gasteiger partial charge on any atom is -0.470 e. The van der Waals surface area contributed by atoms with Gasteiger partial charge in [0, 0.05) is 5.92 Å². The molecule has 0 amide bonds. The lowest BCUT2D eigenvalue weighted by atomic mass is 9.76. The van der Waals surface area contributed by atoms with Crippen LogP contribution in [0.5, 0.6) is 0 Å². The Balaban J connectivity index is 1.71. The monoisotopic (exact) mass is 216 g/mol. The summed E-state index contributed by atoms with van der Waals surface area (Å²) in [5.74, 6) is 5.57. The molecule has 1 saturated carbocycles. The second-order valence-corrected chi connectivity index (χ2v) is 4.53. The molecule has 14 heavy (non-hydrogen) atoms. The summed E-state index contributed by atoms with van der Waals surface area (Å²) in [7, 11) is 0. The fourth-order valence-electron chi connectivity index (χ4n) is 2.20. The summed E-state index contributed by atoms with van der Waals surface area (Å²) in [6.07, 6.45) is 4.84. The van der Waals surface area contributed by atoms with E-state index in [9.17, 15) is 0 Å². The molecule has 2 fully saturated rings. The number of nitrogens with two attached hydrogens (primary N) is 1. The van der Waals surface area contributed by atoms with Gasteiger partial charge in [0.2, 0.25) is 0 Å². The Morgan fingerprint density at radius 2 is 2.43 bits per heavy atom. The van der Waals surface area contributed by atoms with Crippen LogP contribution in [-0.4, -0.2) is 24.0 Å². The van der Waals surface area contributed by atoms with Crippen molar-refractivity contribution in [3.63, 3.8) is 0 Å². The molecule has 0 aromatic heterocycles. The molecule has 0 radical (unpaired) electrons. The molecular formula is C9H16N2O2S. The largest absolute Gasteiger partial charge is 0.470 e. The van der Waals surface area contributed by atoms with E-state index >= 15 is 0 Å². The first-order chi connectivity index (χ1) is 6.74. The number of ether oxygens (including phenoxy) is 2. The fourth-order valence-corrected chi connectivity index (χ4v) is 2.27. The highest BCUT2D eigenvalue weighted by Crippen LogP contribution is 2.45. The predicted octanol–water partition coefficient (Wildman–Crippen LogP) is 0.710. The Bertz CT molecular complexity index is 231. The third-order valence-corrected chi connectivity index (χ3v) is 3.35. The van der Waals surface area contributed by atoms with Gasteiger partial charge in [-0.05, 0) is 37.9 Å². The molecule has 2 rings (SSSR count). The molecule has 1 atom stereocenters. The van der Waals surface area contributed by atoms with Gasteiger partial charge in [-0.15, -0.1) is 0 Å². The minimum absolute atomic E-state index is 0.200.